The number of hydrogen-bond donors (Lipinski definition) is 2. The summed E-state index contributed by atoms with van der Waals surface area (Å²) >= 11 is 0. The summed E-state index contributed by atoms with van der Waals surface area (Å²) in [5.41, 5.74) is 6.40. The number of nitrogens with one attached hydrogen (secondary N) is 1. The first kappa shape index (κ1) is 16.4. The molecule has 0 aliphatic heterocycles. The first-order valence-electron chi connectivity index (χ1n) is 7.58. The van der Waals surface area contributed by atoms with Crippen molar-refractivity contribution in [3.05, 3.63) is 21.5 Å². The summed E-state index contributed by atoms with van der Waals surface area (Å²) in [7, 11) is 0. The topological polar surface area (TPSA) is 116 Å². The zero-order chi connectivity index (χ0) is 16.3. The third kappa shape index (κ3) is 3.27. The highest BCUT2D eigenvalue weighted by Crippen LogP contribution is 2.28. The van der Waals surface area contributed by atoms with Gasteiger partial charge in [-0.3, -0.25) is 19.6 Å². The van der Waals surface area contributed by atoms with E-state index in [1.165, 1.54) is 4.68 Å². The average Bonchev–Trinajstić information content (AvgIpc) is 3.02. The second kappa shape index (κ2) is 6.43. The van der Waals surface area contributed by atoms with Crippen LogP contribution in [0.4, 0.5) is 5.69 Å². The van der Waals surface area contributed by atoms with Crippen molar-refractivity contribution in [3.8, 4) is 0 Å². The molecule has 1 amide bonds. The van der Waals surface area contributed by atoms with E-state index in [1.807, 2.05) is 0 Å². The summed E-state index contributed by atoms with van der Waals surface area (Å²) in [5, 5.41) is 18.1. The number of nitrogens with two attached hydrogens (primary N) is 1. The maximum Gasteiger partial charge on any atom is 0.312 e. The Bertz CT molecular complexity index is 575. The summed E-state index contributed by atoms with van der Waals surface area (Å²) in [6.07, 6.45) is 4.24. The van der Waals surface area contributed by atoms with Crippen LogP contribution < -0.4 is 11.1 Å². The van der Waals surface area contributed by atoms with Crippen molar-refractivity contribution in [2.24, 2.45) is 5.73 Å². The highest BCUT2D eigenvalue weighted by molar-refractivity contribution is 5.76. The SMILES string of the molecule is Cc1nn(CCC(=O)NC2(CN)CCCC2)c(C)c1[N+](=O)[O-]. The van der Waals surface area contributed by atoms with Crippen LogP contribution in [-0.2, 0) is 11.3 Å². The van der Waals surface area contributed by atoms with Gasteiger partial charge in [-0.05, 0) is 26.7 Å². The van der Waals surface area contributed by atoms with E-state index in [4.69, 9.17) is 5.73 Å². The van der Waals surface area contributed by atoms with E-state index in [0.29, 0.717) is 24.5 Å². The molecule has 22 heavy (non-hydrogen) atoms. The zero-order valence-corrected chi connectivity index (χ0v) is 13.1. The molecule has 1 heterocycles. The molecule has 1 aromatic rings. The summed E-state index contributed by atoms with van der Waals surface area (Å²) < 4.78 is 1.52. The maximum absolute atomic E-state index is 12.1. The van der Waals surface area contributed by atoms with E-state index >= 15 is 0 Å². The number of aromatic nitrogens is 2. The van der Waals surface area contributed by atoms with Crippen LogP contribution in [0.15, 0.2) is 0 Å². The Labute approximate surface area is 129 Å². The highest BCUT2D eigenvalue weighted by atomic mass is 16.6. The highest BCUT2D eigenvalue weighted by Gasteiger charge is 2.33. The minimum Gasteiger partial charge on any atom is -0.349 e. The monoisotopic (exact) mass is 309 g/mol. The van der Waals surface area contributed by atoms with Crippen LogP contribution in [0.3, 0.4) is 0 Å². The molecule has 8 nitrogen and oxygen atoms in total. The van der Waals surface area contributed by atoms with Gasteiger partial charge >= 0.3 is 5.69 Å². The third-order valence-corrected chi connectivity index (χ3v) is 4.43. The molecule has 1 saturated carbocycles. The number of carbonyl (C=O) groups is 1. The molecule has 0 bridgehead atoms. The summed E-state index contributed by atoms with van der Waals surface area (Å²) in [6.45, 7) is 4.02. The molecule has 0 saturated heterocycles. The minimum atomic E-state index is -0.434. The van der Waals surface area contributed by atoms with Gasteiger partial charge in [0.05, 0.1) is 17.0 Å². The lowest BCUT2D eigenvalue weighted by Crippen LogP contribution is -2.51. The van der Waals surface area contributed by atoms with Gasteiger partial charge in [-0.25, -0.2) is 0 Å². The van der Waals surface area contributed by atoms with Gasteiger partial charge in [0.1, 0.15) is 11.4 Å². The Morgan fingerprint density at radius 1 is 1.45 bits per heavy atom. The van der Waals surface area contributed by atoms with Gasteiger partial charge < -0.3 is 11.1 Å². The molecular formula is C14H23N5O3. The van der Waals surface area contributed by atoms with E-state index in [-0.39, 0.29) is 23.6 Å². The van der Waals surface area contributed by atoms with Crippen molar-refractivity contribution in [2.75, 3.05) is 6.54 Å². The smallest absolute Gasteiger partial charge is 0.312 e. The fourth-order valence-corrected chi connectivity index (χ4v) is 3.17. The van der Waals surface area contributed by atoms with E-state index in [2.05, 4.69) is 10.4 Å². The number of nitro groups is 1. The van der Waals surface area contributed by atoms with E-state index in [0.717, 1.165) is 25.7 Å². The second-order valence-corrected chi connectivity index (χ2v) is 5.99. The molecule has 0 aromatic carbocycles. The van der Waals surface area contributed by atoms with Crippen LogP contribution in [0.25, 0.3) is 0 Å². The first-order valence-corrected chi connectivity index (χ1v) is 7.58. The molecule has 1 aliphatic carbocycles. The Morgan fingerprint density at radius 3 is 2.59 bits per heavy atom. The second-order valence-electron chi connectivity index (χ2n) is 5.99. The minimum absolute atomic E-state index is 0.0228. The molecule has 1 aliphatic rings. The van der Waals surface area contributed by atoms with Crippen molar-refractivity contribution < 1.29 is 9.72 Å². The van der Waals surface area contributed by atoms with E-state index < -0.39 is 4.92 Å². The van der Waals surface area contributed by atoms with Gasteiger partial charge in [0.25, 0.3) is 0 Å². The van der Waals surface area contributed by atoms with Crippen LogP contribution in [-0.4, -0.2) is 32.7 Å². The van der Waals surface area contributed by atoms with E-state index in [9.17, 15) is 14.9 Å². The summed E-state index contributed by atoms with van der Waals surface area (Å²) in [4.78, 5) is 22.7. The number of carbonyl (C=O) groups excluding carboxylic acids is 1. The largest absolute Gasteiger partial charge is 0.349 e. The van der Waals surface area contributed by atoms with Crippen LogP contribution >= 0.6 is 0 Å². The lowest BCUT2D eigenvalue weighted by molar-refractivity contribution is -0.386. The standard InChI is InChI=1S/C14H23N5O3/c1-10-13(19(21)22)11(2)18(17-10)8-5-12(20)16-14(9-15)6-3-4-7-14/h3-9,15H2,1-2H3,(H,16,20). The van der Waals surface area contributed by atoms with Crippen molar-refractivity contribution >= 4 is 11.6 Å². The fourth-order valence-electron chi connectivity index (χ4n) is 3.17. The molecule has 0 radical (unpaired) electrons. The van der Waals surface area contributed by atoms with Gasteiger partial charge in [-0.15, -0.1) is 0 Å². The van der Waals surface area contributed by atoms with Gasteiger partial charge in [0, 0.05) is 13.0 Å². The number of amides is 1. The molecule has 1 aromatic heterocycles. The summed E-state index contributed by atoms with van der Waals surface area (Å²) in [6, 6.07) is 0. The Kier molecular flexibility index (Phi) is 4.80. The van der Waals surface area contributed by atoms with Crippen LogP contribution in [0, 0.1) is 24.0 Å². The fraction of sp³-hybridized carbons (Fsp3) is 0.714. The van der Waals surface area contributed by atoms with Gasteiger partial charge in [0.2, 0.25) is 5.91 Å². The first-order chi connectivity index (χ1) is 10.4. The molecule has 122 valence electrons. The normalized spacial score (nSPS) is 16.7. The molecule has 0 spiro atoms. The molecular weight excluding hydrogens is 286 g/mol. The summed E-state index contributed by atoms with van der Waals surface area (Å²) in [5.74, 6) is -0.0810. The predicted octanol–water partition coefficient (Wildman–Crippen LogP) is 1.19. The third-order valence-electron chi connectivity index (χ3n) is 4.43. The number of hydrogen-bond acceptors (Lipinski definition) is 5. The lowest BCUT2D eigenvalue weighted by atomic mass is 9.97. The van der Waals surface area contributed by atoms with Crippen molar-refractivity contribution in [3.63, 3.8) is 0 Å². The molecule has 0 unspecified atom stereocenters. The Balaban J connectivity index is 1.97. The lowest BCUT2D eigenvalue weighted by Gasteiger charge is -2.28. The Hall–Kier alpha value is -1.96. The average molecular weight is 309 g/mol. The number of nitrogens with zero attached hydrogens (tertiary/aromatic N) is 3. The van der Waals surface area contributed by atoms with Crippen molar-refractivity contribution in [1.29, 1.82) is 0 Å². The molecule has 1 fully saturated rings. The van der Waals surface area contributed by atoms with Gasteiger partial charge in [0.15, 0.2) is 0 Å². The predicted molar refractivity (Wildman–Crippen MR) is 81.4 cm³/mol. The maximum atomic E-state index is 12.1. The van der Waals surface area contributed by atoms with Gasteiger partial charge in [-0.2, -0.15) is 5.10 Å². The molecule has 2 rings (SSSR count). The quantitative estimate of drug-likeness (QED) is 0.604. The van der Waals surface area contributed by atoms with Crippen LogP contribution in [0.1, 0.15) is 43.5 Å². The van der Waals surface area contributed by atoms with Crippen molar-refractivity contribution in [1.82, 2.24) is 15.1 Å². The molecule has 8 heteroatoms. The zero-order valence-electron chi connectivity index (χ0n) is 13.1. The number of aryl methyl sites for hydroxylation is 2. The Morgan fingerprint density at radius 2 is 2.09 bits per heavy atom. The van der Waals surface area contributed by atoms with Crippen LogP contribution in [0.2, 0.25) is 0 Å². The van der Waals surface area contributed by atoms with Crippen molar-refractivity contribution in [2.45, 2.75) is 58.0 Å². The molecule has 0 atom stereocenters. The molecule has 3 N–H and O–H groups in total. The van der Waals surface area contributed by atoms with Crippen LogP contribution in [0.5, 0.6) is 0 Å². The van der Waals surface area contributed by atoms with Gasteiger partial charge in [-0.1, -0.05) is 12.8 Å². The number of rotatable bonds is 6. The van der Waals surface area contributed by atoms with E-state index in [1.54, 1.807) is 13.8 Å².